The van der Waals surface area contributed by atoms with Crippen molar-refractivity contribution in [3.8, 4) is 0 Å². The number of likely N-dealkylation sites (N-methyl/N-ethyl adjacent to an activating group) is 1. The van der Waals surface area contributed by atoms with Crippen LogP contribution >= 0.6 is 7.82 Å². The fourth-order valence-corrected chi connectivity index (χ4v) is 10.0. The standard InChI is InChI=1S/C66H124NO8P/c1-6-8-10-12-14-16-18-20-22-23-24-25-26-27-28-29-30-31-32-33-34-35-36-37-38-39-40-41-42-43-45-47-49-51-53-55-57-59-66(69)75-64(63-74-76(70,71)73-61-60-67(3,4)5)62-72-65(68)58-56-54-52-50-48-46-44-21-19-17-15-13-11-9-7-2/h18,20-21,23-24,26-27,44,64H,6-17,19,22,25,28-43,45-63H2,1-5H3/b20-18-,24-23-,27-26-,44-21-. The minimum atomic E-state index is -4.64. The van der Waals surface area contributed by atoms with Gasteiger partial charge in [-0.1, -0.05) is 268 Å². The van der Waals surface area contributed by atoms with E-state index in [9.17, 15) is 19.0 Å². The van der Waals surface area contributed by atoms with Crippen LogP contribution in [0.15, 0.2) is 48.6 Å². The van der Waals surface area contributed by atoms with Crippen LogP contribution in [-0.4, -0.2) is 70.0 Å². The smallest absolute Gasteiger partial charge is 0.306 e. The molecule has 0 bridgehead atoms. The van der Waals surface area contributed by atoms with Gasteiger partial charge in [-0.15, -0.1) is 0 Å². The van der Waals surface area contributed by atoms with Crippen LogP contribution in [0.1, 0.15) is 309 Å². The zero-order valence-corrected chi connectivity index (χ0v) is 51.6. The fraction of sp³-hybridized carbons (Fsp3) is 0.848. The number of allylic oxidation sites excluding steroid dienone is 8. The van der Waals surface area contributed by atoms with Crippen LogP contribution in [-0.2, 0) is 32.7 Å². The van der Waals surface area contributed by atoms with Crippen LogP contribution < -0.4 is 4.89 Å². The summed E-state index contributed by atoms with van der Waals surface area (Å²) in [6, 6.07) is 0. The Bertz CT molecular complexity index is 1420. The van der Waals surface area contributed by atoms with Crippen molar-refractivity contribution in [2.75, 3.05) is 47.5 Å². The predicted molar refractivity (Wildman–Crippen MR) is 324 cm³/mol. The number of phosphoric acid groups is 1. The number of carbonyl (C=O) groups excluding carboxylic acids is 2. The third kappa shape index (κ3) is 61.2. The number of quaternary nitrogens is 1. The van der Waals surface area contributed by atoms with Gasteiger partial charge < -0.3 is 27.9 Å². The molecule has 446 valence electrons. The number of phosphoric ester groups is 1. The molecular formula is C66H124NO8P. The summed E-state index contributed by atoms with van der Waals surface area (Å²) in [6.07, 6.45) is 73.3. The molecule has 0 heterocycles. The number of rotatable bonds is 60. The van der Waals surface area contributed by atoms with Crippen molar-refractivity contribution in [3.63, 3.8) is 0 Å². The van der Waals surface area contributed by atoms with Crippen LogP contribution in [0.25, 0.3) is 0 Å². The Labute approximate surface area is 471 Å². The summed E-state index contributed by atoms with van der Waals surface area (Å²) >= 11 is 0. The first-order chi connectivity index (χ1) is 37.0. The van der Waals surface area contributed by atoms with Crippen molar-refractivity contribution in [3.05, 3.63) is 48.6 Å². The van der Waals surface area contributed by atoms with E-state index in [-0.39, 0.29) is 32.0 Å². The largest absolute Gasteiger partial charge is 0.756 e. The number of unbranched alkanes of at least 4 members (excludes halogenated alkanes) is 38. The van der Waals surface area contributed by atoms with Crippen LogP contribution in [0.3, 0.4) is 0 Å². The molecule has 0 aliphatic rings. The van der Waals surface area contributed by atoms with E-state index in [0.717, 1.165) is 64.2 Å². The second-order valence-electron chi connectivity index (χ2n) is 23.1. The zero-order chi connectivity index (χ0) is 55.6. The van der Waals surface area contributed by atoms with E-state index in [4.69, 9.17) is 18.5 Å². The van der Waals surface area contributed by atoms with Gasteiger partial charge in [0.2, 0.25) is 0 Å². The molecule has 0 saturated carbocycles. The first-order valence-corrected chi connectivity index (χ1v) is 33.8. The molecule has 0 aliphatic heterocycles. The molecule has 2 atom stereocenters. The van der Waals surface area contributed by atoms with E-state index in [0.29, 0.717) is 17.4 Å². The van der Waals surface area contributed by atoms with Gasteiger partial charge >= 0.3 is 11.9 Å². The molecule has 0 amide bonds. The van der Waals surface area contributed by atoms with E-state index in [2.05, 4.69) is 62.5 Å². The van der Waals surface area contributed by atoms with Gasteiger partial charge in [0.25, 0.3) is 7.82 Å². The van der Waals surface area contributed by atoms with Gasteiger partial charge in [-0.25, -0.2) is 0 Å². The minimum Gasteiger partial charge on any atom is -0.756 e. The first-order valence-electron chi connectivity index (χ1n) is 32.3. The summed E-state index contributed by atoms with van der Waals surface area (Å²) in [7, 11) is 1.17. The Kier molecular flexibility index (Phi) is 56.1. The highest BCUT2D eigenvalue weighted by Gasteiger charge is 2.22. The average Bonchev–Trinajstić information content (AvgIpc) is 3.38. The van der Waals surface area contributed by atoms with Gasteiger partial charge in [0.05, 0.1) is 27.7 Å². The molecule has 0 N–H and O–H groups in total. The maximum atomic E-state index is 12.8. The van der Waals surface area contributed by atoms with Crippen molar-refractivity contribution in [1.29, 1.82) is 0 Å². The molecule has 0 aromatic carbocycles. The van der Waals surface area contributed by atoms with Gasteiger partial charge in [-0.05, 0) is 77.0 Å². The summed E-state index contributed by atoms with van der Waals surface area (Å²) < 4.78 is 34.2. The molecule has 2 unspecified atom stereocenters. The topological polar surface area (TPSA) is 111 Å². The lowest BCUT2D eigenvalue weighted by atomic mass is 10.0. The Morgan fingerprint density at radius 1 is 0.408 bits per heavy atom. The van der Waals surface area contributed by atoms with Crippen molar-refractivity contribution in [2.24, 2.45) is 0 Å². The molecular weight excluding hydrogens is 966 g/mol. The second-order valence-corrected chi connectivity index (χ2v) is 24.5. The van der Waals surface area contributed by atoms with Crippen LogP contribution in [0.4, 0.5) is 0 Å². The third-order valence-electron chi connectivity index (χ3n) is 14.3. The summed E-state index contributed by atoms with van der Waals surface area (Å²) in [5.41, 5.74) is 0. The summed E-state index contributed by atoms with van der Waals surface area (Å²) in [4.78, 5) is 37.9. The first kappa shape index (κ1) is 74.0. The van der Waals surface area contributed by atoms with Gasteiger partial charge in [-0.3, -0.25) is 14.2 Å². The lowest BCUT2D eigenvalue weighted by molar-refractivity contribution is -0.870. The molecule has 0 aromatic heterocycles. The van der Waals surface area contributed by atoms with Gasteiger partial charge in [0.1, 0.15) is 19.8 Å². The second kappa shape index (κ2) is 57.6. The lowest BCUT2D eigenvalue weighted by Crippen LogP contribution is -2.37. The zero-order valence-electron chi connectivity index (χ0n) is 50.7. The van der Waals surface area contributed by atoms with Crippen LogP contribution in [0.2, 0.25) is 0 Å². The molecule has 10 heteroatoms. The summed E-state index contributed by atoms with van der Waals surface area (Å²) in [5.74, 6) is -0.830. The monoisotopic (exact) mass is 1090 g/mol. The van der Waals surface area contributed by atoms with Gasteiger partial charge in [0, 0.05) is 12.8 Å². The molecule has 0 radical (unpaired) electrons. The highest BCUT2D eigenvalue weighted by Crippen LogP contribution is 2.38. The Morgan fingerprint density at radius 2 is 0.711 bits per heavy atom. The van der Waals surface area contributed by atoms with Crippen LogP contribution in [0, 0.1) is 0 Å². The molecule has 9 nitrogen and oxygen atoms in total. The Hall–Kier alpha value is -2.03. The predicted octanol–water partition coefficient (Wildman–Crippen LogP) is 19.9. The average molecular weight is 1090 g/mol. The van der Waals surface area contributed by atoms with E-state index >= 15 is 0 Å². The number of nitrogens with zero attached hydrogens (tertiary/aromatic N) is 1. The summed E-state index contributed by atoms with van der Waals surface area (Å²) in [5, 5.41) is 0. The number of ether oxygens (including phenoxy) is 2. The maximum absolute atomic E-state index is 12.8. The fourth-order valence-electron chi connectivity index (χ4n) is 9.31. The molecule has 0 fully saturated rings. The highest BCUT2D eigenvalue weighted by atomic mass is 31.2. The van der Waals surface area contributed by atoms with E-state index in [1.807, 2.05) is 21.1 Å². The van der Waals surface area contributed by atoms with Crippen molar-refractivity contribution < 1.29 is 42.1 Å². The third-order valence-corrected chi connectivity index (χ3v) is 15.3. The van der Waals surface area contributed by atoms with Crippen molar-refractivity contribution >= 4 is 19.8 Å². The van der Waals surface area contributed by atoms with Crippen molar-refractivity contribution in [2.45, 2.75) is 315 Å². The van der Waals surface area contributed by atoms with Gasteiger partial charge in [0.15, 0.2) is 6.10 Å². The van der Waals surface area contributed by atoms with E-state index < -0.39 is 26.5 Å². The Morgan fingerprint density at radius 3 is 1.07 bits per heavy atom. The molecule has 0 aliphatic carbocycles. The highest BCUT2D eigenvalue weighted by molar-refractivity contribution is 7.45. The number of esters is 2. The normalized spacial score (nSPS) is 13.5. The SMILES string of the molecule is CCCCCCC/C=C\C/C=C\C/C=C\CCCCCCCCCCCCCCCCCCCCCCCCC(=O)OC(COC(=O)CCCCCCC/C=C\CCCCCCCC)COP(=O)([O-])OCC[N+](C)(C)C. The number of hydrogen-bond acceptors (Lipinski definition) is 8. The molecule has 0 spiro atoms. The van der Waals surface area contributed by atoms with E-state index in [1.54, 1.807) is 0 Å². The Balaban J connectivity index is 3.94. The quantitative estimate of drug-likeness (QED) is 0.0195. The van der Waals surface area contributed by atoms with E-state index in [1.165, 1.54) is 212 Å². The summed E-state index contributed by atoms with van der Waals surface area (Å²) in [6.45, 7) is 4.25. The molecule has 0 aromatic rings. The number of hydrogen-bond donors (Lipinski definition) is 0. The maximum Gasteiger partial charge on any atom is 0.306 e. The van der Waals surface area contributed by atoms with Gasteiger partial charge in [-0.2, -0.15) is 0 Å². The molecule has 0 saturated heterocycles. The van der Waals surface area contributed by atoms with Crippen LogP contribution in [0.5, 0.6) is 0 Å². The lowest BCUT2D eigenvalue weighted by Gasteiger charge is -2.28. The minimum absolute atomic E-state index is 0.0306. The molecule has 0 rings (SSSR count). The molecule has 76 heavy (non-hydrogen) atoms. The van der Waals surface area contributed by atoms with Crippen molar-refractivity contribution in [1.82, 2.24) is 0 Å². The number of carbonyl (C=O) groups is 2.